The first-order valence-electron chi connectivity index (χ1n) is 5.22. The third kappa shape index (κ3) is 1.39. The molecule has 1 aromatic heterocycles. The Balaban J connectivity index is 2.02. The largest absolute Gasteiger partial charge is 0.507 e. The first-order chi connectivity index (χ1) is 7.69. The highest BCUT2D eigenvalue weighted by Gasteiger charge is 2.44. The van der Waals surface area contributed by atoms with Crippen LogP contribution in [-0.4, -0.2) is 10.1 Å². The van der Waals surface area contributed by atoms with Crippen molar-refractivity contribution in [2.45, 2.75) is 18.4 Å². The van der Waals surface area contributed by atoms with Crippen molar-refractivity contribution >= 4 is 0 Å². The smallest absolute Gasteiger partial charge is 0.214 e. The first kappa shape index (κ1) is 9.42. The van der Waals surface area contributed by atoms with Gasteiger partial charge in [0, 0.05) is 5.56 Å². The highest BCUT2D eigenvalue weighted by Crippen LogP contribution is 2.43. The molecule has 16 heavy (non-hydrogen) atoms. The van der Waals surface area contributed by atoms with Gasteiger partial charge in [0.25, 0.3) is 0 Å². The number of aromatic nitrogens is 1. The minimum Gasteiger partial charge on any atom is -0.507 e. The molecule has 0 bridgehead atoms. The third-order valence-corrected chi connectivity index (χ3v) is 2.90. The Bertz CT molecular complexity index is 529. The number of aromatic hydroxyl groups is 1. The van der Waals surface area contributed by atoms with Gasteiger partial charge in [-0.25, -0.2) is 4.98 Å². The molecule has 0 radical (unpaired) electrons. The summed E-state index contributed by atoms with van der Waals surface area (Å²) in [7, 11) is 0. The minimum atomic E-state index is -0.372. The Labute approximate surface area is 92.7 Å². The number of nitrogens with zero attached hydrogens (tertiary/aromatic N) is 1. The van der Waals surface area contributed by atoms with Crippen molar-refractivity contribution in [3.63, 3.8) is 0 Å². The molecule has 1 aliphatic carbocycles. The van der Waals surface area contributed by atoms with Crippen LogP contribution in [0, 0.1) is 0 Å². The van der Waals surface area contributed by atoms with Crippen LogP contribution in [-0.2, 0) is 5.54 Å². The predicted molar refractivity (Wildman–Crippen MR) is 58.7 cm³/mol. The van der Waals surface area contributed by atoms with E-state index in [-0.39, 0.29) is 11.3 Å². The van der Waals surface area contributed by atoms with Crippen LogP contribution in [0.5, 0.6) is 5.75 Å². The molecule has 1 aromatic carbocycles. The van der Waals surface area contributed by atoms with E-state index in [0.29, 0.717) is 17.1 Å². The number of nitrogens with two attached hydrogens (primary N) is 1. The van der Waals surface area contributed by atoms with E-state index in [4.69, 9.17) is 10.2 Å². The van der Waals surface area contributed by atoms with E-state index < -0.39 is 0 Å². The van der Waals surface area contributed by atoms with Crippen molar-refractivity contribution in [3.05, 3.63) is 36.4 Å². The van der Waals surface area contributed by atoms with E-state index >= 15 is 0 Å². The zero-order valence-corrected chi connectivity index (χ0v) is 8.68. The second-order valence-corrected chi connectivity index (χ2v) is 4.21. The number of phenols is 1. The van der Waals surface area contributed by atoms with E-state index in [2.05, 4.69) is 4.98 Å². The fourth-order valence-electron chi connectivity index (χ4n) is 1.66. The standard InChI is InChI=1S/C12H12N2O2/c13-12(5-6-12)11-14-9(7-16-11)8-3-1-2-4-10(8)15/h1-4,7,15H,5-6,13H2. The second kappa shape index (κ2) is 3.09. The maximum Gasteiger partial charge on any atom is 0.214 e. The van der Waals surface area contributed by atoms with Gasteiger partial charge >= 0.3 is 0 Å². The Morgan fingerprint density at radius 1 is 1.31 bits per heavy atom. The molecule has 1 aliphatic rings. The van der Waals surface area contributed by atoms with Crippen molar-refractivity contribution < 1.29 is 9.52 Å². The van der Waals surface area contributed by atoms with Gasteiger partial charge in [0.15, 0.2) is 0 Å². The number of hydrogen-bond donors (Lipinski definition) is 2. The number of oxazole rings is 1. The summed E-state index contributed by atoms with van der Waals surface area (Å²) in [5.74, 6) is 0.759. The Morgan fingerprint density at radius 3 is 2.75 bits per heavy atom. The monoisotopic (exact) mass is 216 g/mol. The molecule has 82 valence electrons. The van der Waals surface area contributed by atoms with E-state index in [9.17, 15) is 5.11 Å². The topological polar surface area (TPSA) is 72.3 Å². The summed E-state index contributed by atoms with van der Waals surface area (Å²) >= 11 is 0. The molecule has 4 heteroatoms. The SMILES string of the molecule is NC1(c2nc(-c3ccccc3O)co2)CC1. The molecule has 3 N–H and O–H groups in total. The van der Waals surface area contributed by atoms with Crippen LogP contribution < -0.4 is 5.73 Å². The molecule has 1 heterocycles. The van der Waals surface area contributed by atoms with Crippen molar-refractivity contribution in [2.24, 2.45) is 5.73 Å². The summed E-state index contributed by atoms with van der Waals surface area (Å²) in [4.78, 5) is 4.32. The van der Waals surface area contributed by atoms with Gasteiger partial charge in [-0.3, -0.25) is 0 Å². The van der Waals surface area contributed by atoms with Crippen LogP contribution >= 0.6 is 0 Å². The summed E-state index contributed by atoms with van der Waals surface area (Å²) in [6.45, 7) is 0. The summed E-state index contributed by atoms with van der Waals surface area (Å²) in [5, 5.41) is 9.68. The van der Waals surface area contributed by atoms with Gasteiger partial charge in [-0.15, -0.1) is 0 Å². The van der Waals surface area contributed by atoms with E-state index in [0.717, 1.165) is 12.8 Å². The molecular formula is C12H12N2O2. The summed E-state index contributed by atoms with van der Waals surface area (Å²) in [5.41, 5.74) is 6.90. The van der Waals surface area contributed by atoms with Crippen molar-refractivity contribution in [3.8, 4) is 17.0 Å². The van der Waals surface area contributed by atoms with Gasteiger partial charge in [-0.1, -0.05) is 12.1 Å². The zero-order valence-electron chi connectivity index (χ0n) is 8.68. The lowest BCUT2D eigenvalue weighted by Gasteiger charge is -2.01. The fourth-order valence-corrected chi connectivity index (χ4v) is 1.66. The average Bonchev–Trinajstić information content (AvgIpc) is 2.84. The van der Waals surface area contributed by atoms with Crippen molar-refractivity contribution in [2.75, 3.05) is 0 Å². The lowest BCUT2D eigenvalue weighted by Crippen LogP contribution is -2.18. The van der Waals surface area contributed by atoms with E-state index in [1.165, 1.54) is 6.26 Å². The highest BCUT2D eigenvalue weighted by molar-refractivity contribution is 5.65. The van der Waals surface area contributed by atoms with Crippen LogP contribution in [0.15, 0.2) is 34.9 Å². The van der Waals surface area contributed by atoms with E-state index in [1.54, 1.807) is 18.2 Å². The third-order valence-electron chi connectivity index (χ3n) is 2.90. The number of hydrogen-bond acceptors (Lipinski definition) is 4. The van der Waals surface area contributed by atoms with Gasteiger partial charge in [-0.05, 0) is 25.0 Å². The van der Waals surface area contributed by atoms with Crippen LogP contribution in [0.2, 0.25) is 0 Å². The molecule has 2 aromatic rings. The van der Waals surface area contributed by atoms with Gasteiger partial charge in [0.1, 0.15) is 17.7 Å². The molecule has 0 spiro atoms. The van der Waals surface area contributed by atoms with Gasteiger partial charge in [-0.2, -0.15) is 0 Å². The Morgan fingerprint density at radius 2 is 2.06 bits per heavy atom. The lowest BCUT2D eigenvalue weighted by atomic mass is 10.1. The molecular weight excluding hydrogens is 204 g/mol. The summed E-state index contributed by atoms with van der Waals surface area (Å²) < 4.78 is 5.35. The average molecular weight is 216 g/mol. The molecule has 1 saturated carbocycles. The molecule has 0 aliphatic heterocycles. The maximum absolute atomic E-state index is 9.68. The second-order valence-electron chi connectivity index (χ2n) is 4.21. The number of rotatable bonds is 2. The normalized spacial score (nSPS) is 17.3. The highest BCUT2D eigenvalue weighted by atomic mass is 16.3. The van der Waals surface area contributed by atoms with E-state index in [1.807, 2.05) is 6.07 Å². The van der Waals surface area contributed by atoms with Gasteiger partial charge in [0.2, 0.25) is 5.89 Å². The molecule has 0 saturated heterocycles. The Kier molecular flexibility index (Phi) is 1.82. The van der Waals surface area contributed by atoms with Crippen molar-refractivity contribution in [1.29, 1.82) is 0 Å². The Hall–Kier alpha value is -1.81. The lowest BCUT2D eigenvalue weighted by molar-refractivity contribution is 0.440. The quantitative estimate of drug-likeness (QED) is 0.805. The zero-order chi connectivity index (χ0) is 11.2. The predicted octanol–water partition coefficient (Wildman–Crippen LogP) is 2.00. The maximum atomic E-state index is 9.68. The first-order valence-corrected chi connectivity index (χ1v) is 5.22. The minimum absolute atomic E-state index is 0.198. The van der Waals surface area contributed by atoms with Crippen LogP contribution in [0.4, 0.5) is 0 Å². The molecule has 0 atom stereocenters. The summed E-state index contributed by atoms with van der Waals surface area (Å²) in [6.07, 6.45) is 3.36. The van der Waals surface area contributed by atoms with Gasteiger partial charge < -0.3 is 15.3 Å². The molecule has 1 fully saturated rings. The van der Waals surface area contributed by atoms with Crippen LogP contribution in [0.25, 0.3) is 11.3 Å². The van der Waals surface area contributed by atoms with Crippen LogP contribution in [0.3, 0.4) is 0 Å². The number of para-hydroxylation sites is 1. The molecule has 3 rings (SSSR count). The van der Waals surface area contributed by atoms with Crippen LogP contribution in [0.1, 0.15) is 18.7 Å². The molecule has 4 nitrogen and oxygen atoms in total. The summed E-state index contributed by atoms with van der Waals surface area (Å²) in [6, 6.07) is 7.04. The van der Waals surface area contributed by atoms with Gasteiger partial charge in [0.05, 0.1) is 5.54 Å². The number of phenolic OH excluding ortho intramolecular Hbond substituents is 1. The molecule has 0 amide bonds. The number of benzene rings is 1. The fraction of sp³-hybridized carbons (Fsp3) is 0.250. The molecule has 0 unspecified atom stereocenters. The van der Waals surface area contributed by atoms with Crippen molar-refractivity contribution in [1.82, 2.24) is 4.98 Å².